The molecule has 1 fully saturated rings. The maximum atomic E-state index is 12.0. The van der Waals surface area contributed by atoms with Crippen molar-refractivity contribution in [3.8, 4) is 16.3 Å². The second-order valence-electron chi connectivity index (χ2n) is 7.89. The molecule has 1 aromatic heterocycles. The van der Waals surface area contributed by atoms with Gasteiger partial charge >= 0.3 is 12.1 Å². The van der Waals surface area contributed by atoms with Crippen molar-refractivity contribution in [1.29, 1.82) is 0 Å². The fourth-order valence-corrected chi connectivity index (χ4v) is 3.53. The number of thiazole rings is 1. The van der Waals surface area contributed by atoms with Crippen molar-refractivity contribution in [2.45, 2.75) is 33.3 Å². The van der Waals surface area contributed by atoms with Crippen molar-refractivity contribution in [1.82, 2.24) is 9.88 Å². The molecule has 0 unspecified atom stereocenters. The van der Waals surface area contributed by atoms with E-state index >= 15 is 0 Å². The molecule has 1 amide bonds. The summed E-state index contributed by atoms with van der Waals surface area (Å²) in [5, 5.41) is 10.1. The summed E-state index contributed by atoms with van der Waals surface area (Å²) in [6.45, 7) is 8.98. The van der Waals surface area contributed by atoms with E-state index in [1.165, 1.54) is 17.4 Å². The number of aromatic carboxylic acids is 1. The van der Waals surface area contributed by atoms with Crippen LogP contribution >= 0.6 is 11.3 Å². The molecule has 1 aliphatic heterocycles. The second kappa shape index (κ2) is 7.79. The Morgan fingerprint density at radius 1 is 1.29 bits per heavy atom. The number of rotatable bonds is 5. The van der Waals surface area contributed by atoms with Crippen LogP contribution in [0.4, 0.5) is 4.79 Å². The topological polar surface area (TPSA) is 89.0 Å². The normalized spacial score (nSPS) is 14.5. The smallest absolute Gasteiger partial charge is 0.410 e. The number of aryl methyl sites for hydroxylation is 1. The number of aromatic nitrogens is 1. The number of carboxylic acids is 1. The van der Waals surface area contributed by atoms with E-state index in [9.17, 15) is 14.7 Å². The maximum absolute atomic E-state index is 12.0. The summed E-state index contributed by atoms with van der Waals surface area (Å²) in [6, 6.07) is 4.91. The van der Waals surface area contributed by atoms with Gasteiger partial charge in [-0.05, 0) is 45.9 Å². The quantitative estimate of drug-likeness (QED) is 0.808. The van der Waals surface area contributed by atoms with Crippen LogP contribution in [0.2, 0.25) is 0 Å². The molecule has 150 valence electrons. The number of ether oxygens (including phenoxy) is 2. The fourth-order valence-electron chi connectivity index (χ4n) is 2.78. The summed E-state index contributed by atoms with van der Waals surface area (Å²) >= 11 is 1.50. The molecular weight excluding hydrogens is 380 g/mol. The molecule has 28 heavy (non-hydrogen) atoms. The Morgan fingerprint density at radius 3 is 2.57 bits per heavy atom. The van der Waals surface area contributed by atoms with Crippen LogP contribution in [0, 0.1) is 12.8 Å². The van der Waals surface area contributed by atoms with Crippen LogP contribution in [0.15, 0.2) is 24.4 Å². The molecule has 0 spiro atoms. The molecule has 0 atom stereocenters. The lowest BCUT2D eigenvalue weighted by Gasteiger charge is -2.39. The first-order valence-corrected chi connectivity index (χ1v) is 9.84. The molecule has 1 N–H and O–H groups in total. The van der Waals surface area contributed by atoms with Crippen LogP contribution in [0.1, 0.15) is 36.0 Å². The van der Waals surface area contributed by atoms with Gasteiger partial charge in [0.15, 0.2) is 0 Å². The molecule has 0 aliphatic carbocycles. The molecule has 1 aliphatic rings. The zero-order valence-electron chi connectivity index (χ0n) is 16.4. The van der Waals surface area contributed by atoms with E-state index in [-0.39, 0.29) is 17.6 Å². The van der Waals surface area contributed by atoms with Gasteiger partial charge in [-0.3, -0.25) is 0 Å². The van der Waals surface area contributed by atoms with Gasteiger partial charge in [0.2, 0.25) is 0 Å². The van der Waals surface area contributed by atoms with E-state index in [2.05, 4.69) is 4.98 Å². The summed E-state index contributed by atoms with van der Waals surface area (Å²) in [5.41, 5.74) is 0.363. The molecule has 0 radical (unpaired) electrons. The minimum Gasteiger partial charge on any atom is -0.493 e. The molecule has 3 rings (SSSR count). The first kappa shape index (κ1) is 20.1. The van der Waals surface area contributed by atoms with Gasteiger partial charge in [0, 0.05) is 35.6 Å². The predicted molar refractivity (Wildman–Crippen MR) is 106 cm³/mol. The summed E-state index contributed by atoms with van der Waals surface area (Å²) in [5.74, 6) is -0.343. The van der Waals surface area contributed by atoms with Crippen LogP contribution in [0.25, 0.3) is 10.6 Å². The number of nitrogens with zero attached hydrogens (tertiary/aromatic N) is 2. The first-order chi connectivity index (χ1) is 13.1. The van der Waals surface area contributed by atoms with Crippen molar-refractivity contribution in [3.63, 3.8) is 0 Å². The largest absolute Gasteiger partial charge is 0.493 e. The fraction of sp³-hybridized carbons (Fsp3) is 0.450. The number of amides is 1. The third kappa shape index (κ3) is 5.01. The molecule has 2 aromatic rings. The van der Waals surface area contributed by atoms with Crippen LogP contribution in [-0.4, -0.2) is 52.4 Å². The van der Waals surface area contributed by atoms with Gasteiger partial charge < -0.3 is 19.5 Å². The molecule has 8 heteroatoms. The van der Waals surface area contributed by atoms with Crippen LogP contribution in [0.3, 0.4) is 0 Å². The molecule has 2 heterocycles. The van der Waals surface area contributed by atoms with Crippen molar-refractivity contribution in [2.75, 3.05) is 19.7 Å². The number of hydrogen-bond donors (Lipinski definition) is 1. The highest BCUT2D eigenvalue weighted by molar-refractivity contribution is 7.14. The Hall–Kier alpha value is -2.61. The average Bonchev–Trinajstić information content (AvgIpc) is 2.98. The lowest BCUT2D eigenvalue weighted by Crippen LogP contribution is -2.53. The van der Waals surface area contributed by atoms with Crippen molar-refractivity contribution in [3.05, 3.63) is 34.8 Å². The third-order valence-electron chi connectivity index (χ3n) is 4.12. The van der Waals surface area contributed by atoms with E-state index in [1.54, 1.807) is 23.2 Å². The number of hydrogen-bond acceptors (Lipinski definition) is 6. The standard InChI is InChI=1S/C20H24N2O5S/c1-12-8-21-17(28-12)14-5-15(18(23)24)7-16(6-14)26-11-13-9-22(10-13)19(25)27-20(2,3)4/h5-8,13H,9-11H2,1-4H3,(H,23,24). The zero-order chi connectivity index (χ0) is 20.5. The van der Waals surface area contributed by atoms with E-state index in [0.29, 0.717) is 25.4 Å². The predicted octanol–water partition coefficient (Wildman–Crippen LogP) is 4.06. The Kier molecular flexibility index (Phi) is 5.60. The Morgan fingerprint density at radius 2 is 2.00 bits per heavy atom. The molecule has 1 saturated heterocycles. The van der Waals surface area contributed by atoms with Gasteiger partial charge in [0.25, 0.3) is 0 Å². The van der Waals surface area contributed by atoms with E-state index in [4.69, 9.17) is 9.47 Å². The molecule has 0 saturated carbocycles. The van der Waals surface area contributed by atoms with Crippen LogP contribution in [-0.2, 0) is 4.74 Å². The highest BCUT2D eigenvalue weighted by atomic mass is 32.1. The minimum absolute atomic E-state index is 0.157. The Labute approximate surface area is 167 Å². The second-order valence-corrected chi connectivity index (χ2v) is 9.12. The van der Waals surface area contributed by atoms with Gasteiger partial charge in [0.05, 0.1) is 12.2 Å². The first-order valence-electron chi connectivity index (χ1n) is 9.02. The summed E-state index contributed by atoms with van der Waals surface area (Å²) in [6.07, 6.45) is 1.44. The van der Waals surface area contributed by atoms with Crippen LogP contribution in [0.5, 0.6) is 5.75 Å². The van der Waals surface area contributed by atoms with Crippen molar-refractivity contribution >= 4 is 23.4 Å². The highest BCUT2D eigenvalue weighted by Crippen LogP contribution is 2.30. The van der Waals surface area contributed by atoms with Gasteiger partial charge in [-0.15, -0.1) is 11.3 Å². The van der Waals surface area contributed by atoms with E-state index in [0.717, 1.165) is 15.4 Å². The lowest BCUT2D eigenvalue weighted by molar-refractivity contribution is -0.00784. The van der Waals surface area contributed by atoms with E-state index < -0.39 is 11.6 Å². The zero-order valence-corrected chi connectivity index (χ0v) is 17.2. The number of carboxylic acid groups (broad SMARTS) is 1. The highest BCUT2D eigenvalue weighted by Gasteiger charge is 2.34. The molecule has 7 nitrogen and oxygen atoms in total. The van der Waals surface area contributed by atoms with Crippen LogP contribution < -0.4 is 4.74 Å². The van der Waals surface area contributed by atoms with Gasteiger partial charge in [-0.25, -0.2) is 14.6 Å². The monoisotopic (exact) mass is 404 g/mol. The summed E-state index contributed by atoms with van der Waals surface area (Å²) in [7, 11) is 0. The van der Waals surface area contributed by atoms with Gasteiger partial charge in [0.1, 0.15) is 16.4 Å². The number of carbonyl (C=O) groups is 2. The lowest BCUT2D eigenvalue weighted by atomic mass is 10.0. The number of likely N-dealkylation sites (tertiary alicyclic amines) is 1. The maximum Gasteiger partial charge on any atom is 0.410 e. The van der Waals surface area contributed by atoms with Crippen molar-refractivity contribution < 1.29 is 24.2 Å². The average molecular weight is 404 g/mol. The third-order valence-corrected chi connectivity index (χ3v) is 5.08. The Balaban J connectivity index is 1.61. The molecular formula is C20H24N2O5S. The SMILES string of the molecule is Cc1cnc(-c2cc(OCC3CN(C(=O)OC(C)(C)C)C3)cc(C(=O)O)c2)s1. The Bertz CT molecular complexity index is 881. The van der Waals surface area contributed by atoms with Gasteiger partial charge in [-0.2, -0.15) is 0 Å². The van der Waals surface area contributed by atoms with E-state index in [1.807, 2.05) is 27.7 Å². The van der Waals surface area contributed by atoms with Crippen molar-refractivity contribution in [2.24, 2.45) is 5.92 Å². The summed E-state index contributed by atoms with van der Waals surface area (Å²) in [4.78, 5) is 30.4. The number of carbonyl (C=O) groups excluding carboxylic acids is 1. The minimum atomic E-state index is -1.01. The van der Waals surface area contributed by atoms with Gasteiger partial charge in [-0.1, -0.05) is 0 Å². The number of benzene rings is 1. The summed E-state index contributed by atoms with van der Waals surface area (Å²) < 4.78 is 11.2. The molecule has 1 aromatic carbocycles. The molecule has 0 bridgehead atoms.